The monoisotopic (exact) mass is 460 g/mol. The van der Waals surface area contributed by atoms with E-state index >= 15 is 0 Å². The Labute approximate surface area is 193 Å². The lowest BCUT2D eigenvalue weighted by Gasteiger charge is -2.14. The average molecular weight is 461 g/mol. The number of hydrogen-bond acceptors (Lipinski definition) is 5. The van der Waals surface area contributed by atoms with E-state index in [1.807, 2.05) is 54.0 Å². The molecule has 2 aromatic carbocycles. The van der Waals surface area contributed by atoms with Crippen LogP contribution >= 0.6 is 0 Å². The molecule has 2 aromatic heterocycles. The standard InChI is InChI=1S/C26H24N2O4S/c1-4-32-26(29)24-17-25(21-10-8-19(9-11-21)20-12-14-27-15-13-20)28(18(24)2)22-6-5-7-23(16-22)33(3,30)31/h5-17H,4H2,1-3H3. The van der Waals surface area contributed by atoms with Gasteiger partial charge in [0, 0.05) is 30.0 Å². The Bertz CT molecular complexity index is 1410. The van der Waals surface area contributed by atoms with Crippen molar-refractivity contribution in [1.29, 1.82) is 0 Å². The summed E-state index contributed by atoms with van der Waals surface area (Å²) in [6.07, 6.45) is 4.67. The van der Waals surface area contributed by atoms with E-state index in [4.69, 9.17) is 4.74 Å². The first-order chi connectivity index (χ1) is 15.8. The number of pyridine rings is 1. The molecule has 0 N–H and O–H groups in total. The van der Waals surface area contributed by atoms with Gasteiger partial charge in [-0.2, -0.15) is 0 Å². The summed E-state index contributed by atoms with van der Waals surface area (Å²) in [4.78, 5) is 16.9. The van der Waals surface area contributed by atoms with E-state index in [0.717, 1.165) is 22.4 Å². The van der Waals surface area contributed by atoms with Crippen molar-refractivity contribution in [2.24, 2.45) is 0 Å². The minimum Gasteiger partial charge on any atom is -0.462 e. The van der Waals surface area contributed by atoms with Crippen LogP contribution in [-0.4, -0.2) is 36.8 Å². The third kappa shape index (κ3) is 4.59. The molecule has 0 spiro atoms. The number of nitrogens with zero attached hydrogens (tertiary/aromatic N) is 2. The molecule has 0 bridgehead atoms. The molecule has 0 radical (unpaired) electrons. The molecule has 0 amide bonds. The summed E-state index contributed by atoms with van der Waals surface area (Å²) < 4.78 is 31.4. The number of carbonyl (C=O) groups is 1. The van der Waals surface area contributed by atoms with E-state index in [-0.39, 0.29) is 11.5 Å². The second-order valence-electron chi connectivity index (χ2n) is 7.67. The van der Waals surface area contributed by atoms with E-state index in [1.165, 1.54) is 6.26 Å². The fourth-order valence-electron chi connectivity index (χ4n) is 3.80. The van der Waals surface area contributed by atoms with Crippen LogP contribution in [0.15, 0.2) is 84.0 Å². The highest BCUT2D eigenvalue weighted by Crippen LogP contribution is 2.32. The zero-order chi connectivity index (χ0) is 23.6. The van der Waals surface area contributed by atoms with Crippen molar-refractivity contribution >= 4 is 15.8 Å². The summed E-state index contributed by atoms with van der Waals surface area (Å²) in [5.74, 6) is -0.414. The number of rotatable bonds is 6. The predicted molar refractivity (Wildman–Crippen MR) is 128 cm³/mol. The first-order valence-corrected chi connectivity index (χ1v) is 12.4. The minimum atomic E-state index is -3.39. The molecule has 168 valence electrons. The summed E-state index contributed by atoms with van der Waals surface area (Å²) in [6, 6.07) is 20.4. The molecule has 4 aromatic rings. The average Bonchev–Trinajstić information content (AvgIpc) is 3.16. The molecule has 0 aliphatic heterocycles. The Morgan fingerprint density at radius 3 is 2.21 bits per heavy atom. The van der Waals surface area contributed by atoms with Crippen molar-refractivity contribution in [3.05, 3.63) is 90.4 Å². The number of esters is 1. The van der Waals surface area contributed by atoms with Gasteiger partial charge in [0.05, 0.1) is 22.8 Å². The molecule has 6 nitrogen and oxygen atoms in total. The molecular formula is C26H24N2O4S. The minimum absolute atomic E-state index is 0.213. The van der Waals surface area contributed by atoms with Crippen LogP contribution in [0, 0.1) is 6.92 Å². The molecule has 33 heavy (non-hydrogen) atoms. The lowest BCUT2D eigenvalue weighted by Crippen LogP contribution is -2.07. The number of carbonyl (C=O) groups excluding carboxylic acids is 1. The summed E-state index contributed by atoms with van der Waals surface area (Å²) >= 11 is 0. The molecule has 0 fully saturated rings. The van der Waals surface area contributed by atoms with Crippen LogP contribution in [0.4, 0.5) is 0 Å². The number of sulfone groups is 1. The highest BCUT2D eigenvalue weighted by molar-refractivity contribution is 7.90. The zero-order valence-corrected chi connectivity index (χ0v) is 19.5. The van der Waals surface area contributed by atoms with Crippen LogP contribution in [0.3, 0.4) is 0 Å². The van der Waals surface area contributed by atoms with Crippen molar-refractivity contribution in [2.45, 2.75) is 18.7 Å². The van der Waals surface area contributed by atoms with Gasteiger partial charge in [-0.1, -0.05) is 30.3 Å². The van der Waals surface area contributed by atoms with Crippen LogP contribution in [0.25, 0.3) is 28.1 Å². The number of aromatic nitrogens is 2. The Morgan fingerprint density at radius 1 is 0.939 bits per heavy atom. The molecule has 0 aliphatic carbocycles. The van der Waals surface area contributed by atoms with Gasteiger partial charge >= 0.3 is 5.97 Å². The van der Waals surface area contributed by atoms with E-state index in [0.29, 0.717) is 16.9 Å². The molecule has 7 heteroatoms. The van der Waals surface area contributed by atoms with Gasteiger partial charge < -0.3 is 9.30 Å². The van der Waals surface area contributed by atoms with Gasteiger partial charge in [-0.3, -0.25) is 4.98 Å². The van der Waals surface area contributed by atoms with Crippen molar-refractivity contribution in [3.8, 4) is 28.1 Å². The molecule has 0 unspecified atom stereocenters. The molecular weight excluding hydrogens is 436 g/mol. The smallest absolute Gasteiger partial charge is 0.339 e. The maximum Gasteiger partial charge on any atom is 0.339 e. The van der Waals surface area contributed by atoms with Gasteiger partial charge in [-0.25, -0.2) is 13.2 Å². The first-order valence-electron chi connectivity index (χ1n) is 10.5. The quantitative estimate of drug-likeness (QED) is 0.374. The van der Waals surface area contributed by atoms with E-state index in [2.05, 4.69) is 4.98 Å². The van der Waals surface area contributed by atoms with E-state index in [9.17, 15) is 13.2 Å². The molecule has 0 saturated heterocycles. The molecule has 0 aliphatic rings. The molecule has 2 heterocycles. The summed E-state index contributed by atoms with van der Waals surface area (Å²) in [7, 11) is -3.39. The number of ether oxygens (including phenoxy) is 1. The molecule has 4 rings (SSSR count). The zero-order valence-electron chi connectivity index (χ0n) is 18.6. The van der Waals surface area contributed by atoms with Crippen LogP contribution in [0.1, 0.15) is 23.0 Å². The highest BCUT2D eigenvalue weighted by Gasteiger charge is 2.21. The molecule has 0 saturated carbocycles. The van der Waals surface area contributed by atoms with Crippen LogP contribution in [0.5, 0.6) is 0 Å². The lowest BCUT2D eigenvalue weighted by molar-refractivity contribution is 0.0525. The summed E-state index contributed by atoms with van der Waals surface area (Å²) in [5.41, 5.74) is 5.51. The van der Waals surface area contributed by atoms with Crippen molar-refractivity contribution in [2.75, 3.05) is 12.9 Å². The van der Waals surface area contributed by atoms with Crippen molar-refractivity contribution < 1.29 is 17.9 Å². The second-order valence-corrected chi connectivity index (χ2v) is 9.68. The second kappa shape index (κ2) is 9.03. The Morgan fingerprint density at radius 2 is 1.58 bits per heavy atom. The van der Waals surface area contributed by atoms with Gasteiger partial charge in [0.25, 0.3) is 0 Å². The van der Waals surface area contributed by atoms with Gasteiger partial charge in [0.15, 0.2) is 9.84 Å². The maximum atomic E-state index is 12.6. The maximum absolute atomic E-state index is 12.6. The largest absolute Gasteiger partial charge is 0.462 e. The summed E-state index contributed by atoms with van der Waals surface area (Å²) in [6.45, 7) is 3.86. The van der Waals surface area contributed by atoms with Crippen molar-refractivity contribution in [3.63, 3.8) is 0 Å². The van der Waals surface area contributed by atoms with Gasteiger partial charge in [0.2, 0.25) is 0 Å². The Balaban J connectivity index is 1.88. The van der Waals surface area contributed by atoms with Gasteiger partial charge in [-0.05, 0) is 66.9 Å². The van der Waals surface area contributed by atoms with E-state index < -0.39 is 15.8 Å². The predicted octanol–water partition coefficient (Wildman–Crippen LogP) is 5.09. The van der Waals surface area contributed by atoms with Crippen LogP contribution < -0.4 is 0 Å². The fraction of sp³-hybridized carbons (Fsp3) is 0.154. The summed E-state index contributed by atoms with van der Waals surface area (Å²) in [5, 5.41) is 0. The number of hydrogen-bond donors (Lipinski definition) is 0. The highest BCUT2D eigenvalue weighted by atomic mass is 32.2. The third-order valence-corrected chi connectivity index (χ3v) is 6.55. The first kappa shape index (κ1) is 22.5. The van der Waals surface area contributed by atoms with Crippen LogP contribution in [0.2, 0.25) is 0 Å². The number of benzene rings is 2. The third-order valence-electron chi connectivity index (χ3n) is 5.44. The van der Waals surface area contributed by atoms with Crippen molar-refractivity contribution in [1.82, 2.24) is 9.55 Å². The van der Waals surface area contributed by atoms with Gasteiger partial charge in [0.1, 0.15) is 0 Å². The fourth-order valence-corrected chi connectivity index (χ4v) is 4.46. The SMILES string of the molecule is CCOC(=O)c1cc(-c2ccc(-c3ccncc3)cc2)n(-c2cccc(S(C)(=O)=O)c2)c1C. The molecule has 0 atom stereocenters. The Hall–Kier alpha value is -3.71. The van der Waals surface area contributed by atoms with Crippen LogP contribution in [-0.2, 0) is 14.6 Å². The lowest BCUT2D eigenvalue weighted by atomic mass is 10.0. The van der Waals surface area contributed by atoms with Gasteiger partial charge in [-0.15, -0.1) is 0 Å². The van der Waals surface area contributed by atoms with E-state index in [1.54, 1.807) is 43.6 Å². The topological polar surface area (TPSA) is 78.3 Å². The Kier molecular flexibility index (Phi) is 6.16. The normalized spacial score (nSPS) is 11.4.